The van der Waals surface area contributed by atoms with E-state index in [-0.39, 0.29) is 25.9 Å². The molecule has 0 aliphatic rings. The standard InChI is InChI=1S/C46H49ClN6O7/c1-29(2)60-46(56)41(26-55)51-23-34-12-11-31(16-44(34)58-27-33-15-32(19-48)20-50-21-33)25-53-42-10-6-9-38(39(42)24-52-53)37-8-5-7-35(30(37)3)28-59-45-18-43(57-4)36(17-40(45)47)22-49-13-14-54/h5-12,15-18,20-21,24,29,41,49,51,54-55H,13-14,22-23,25-28H2,1-4H3. The predicted molar refractivity (Wildman–Crippen MR) is 229 cm³/mol. The number of carbonyl (C=O) groups excluding carboxylic acids is 1. The van der Waals surface area contributed by atoms with E-state index in [9.17, 15) is 15.2 Å². The molecular formula is C46H49ClN6O7. The molecule has 6 rings (SSSR count). The number of methoxy groups -OCH3 is 1. The SMILES string of the molecule is COc1cc(OCc2cccc(-c3cccc4c3cnn4Cc3ccc(CNC(CO)C(=O)OC(C)C)c(OCc4cncc(C#N)c4)c3)c2C)c(Cl)cc1CNCCO. The van der Waals surface area contributed by atoms with Gasteiger partial charge in [0.25, 0.3) is 0 Å². The van der Waals surface area contributed by atoms with Gasteiger partial charge in [-0.3, -0.25) is 19.8 Å². The number of carbonyl (C=O) groups is 1. The molecule has 0 saturated heterocycles. The lowest BCUT2D eigenvalue weighted by molar-refractivity contribution is -0.151. The van der Waals surface area contributed by atoms with Crippen LogP contribution in [0.4, 0.5) is 0 Å². The molecular weight excluding hydrogens is 784 g/mol. The Morgan fingerprint density at radius 1 is 0.883 bits per heavy atom. The lowest BCUT2D eigenvalue weighted by atomic mass is 9.94. The Morgan fingerprint density at radius 3 is 2.45 bits per heavy atom. The number of fused-ring (bicyclic) bond motifs is 1. The van der Waals surface area contributed by atoms with Crippen LogP contribution in [-0.4, -0.2) is 70.0 Å². The Balaban J connectivity index is 1.23. The average Bonchev–Trinajstić information content (AvgIpc) is 3.66. The summed E-state index contributed by atoms with van der Waals surface area (Å²) in [6.07, 6.45) is 4.71. The van der Waals surface area contributed by atoms with Crippen molar-refractivity contribution in [3.63, 3.8) is 0 Å². The van der Waals surface area contributed by atoms with Gasteiger partial charge >= 0.3 is 5.97 Å². The Hall–Kier alpha value is -6.01. The van der Waals surface area contributed by atoms with E-state index in [1.54, 1.807) is 39.3 Å². The minimum atomic E-state index is -0.913. The van der Waals surface area contributed by atoms with Gasteiger partial charge in [-0.15, -0.1) is 0 Å². The minimum Gasteiger partial charge on any atom is -0.496 e. The maximum absolute atomic E-state index is 12.6. The van der Waals surface area contributed by atoms with Gasteiger partial charge in [0.1, 0.15) is 42.6 Å². The monoisotopic (exact) mass is 832 g/mol. The van der Waals surface area contributed by atoms with E-state index < -0.39 is 18.6 Å². The van der Waals surface area contributed by atoms with Crippen molar-refractivity contribution >= 4 is 28.5 Å². The Kier molecular flexibility index (Phi) is 15.1. The van der Waals surface area contributed by atoms with Crippen molar-refractivity contribution in [1.29, 1.82) is 5.26 Å². The molecule has 0 fully saturated rings. The van der Waals surface area contributed by atoms with Crippen LogP contribution in [0.3, 0.4) is 0 Å². The summed E-state index contributed by atoms with van der Waals surface area (Å²) in [5.41, 5.74) is 8.80. The van der Waals surface area contributed by atoms with Crippen LogP contribution in [0.1, 0.15) is 52.8 Å². The van der Waals surface area contributed by atoms with Crippen LogP contribution in [0.2, 0.25) is 5.02 Å². The van der Waals surface area contributed by atoms with Crippen molar-refractivity contribution in [3.8, 4) is 34.4 Å². The van der Waals surface area contributed by atoms with E-state index in [2.05, 4.69) is 40.7 Å². The molecule has 14 heteroatoms. The highest BCUT2D eigenvalue weighted by Gasteiger charge is 2.21. The third-order valence-corrected chi connectivity index (χ3v) is 10.2. The molecule has 6 aromatic rings. The molecule has 4 N–H and O–H groups in total. The number of nitrogens with zero attached hydrogens (tertiary/aromatic N) is 4. The summed E-state index contributed by atoms with van der Waals surface area (Å²) in [5, 5.41) is 40.9. The van der Waals surface area contributed by atoms with Gasteiger partial charge in [-0.2, -0.15) is 10.4 Å². The van der Waals surface area contributed by atoms with E-state index in [0.29, 0.717) is 54.1 Å². The Morgan fingerprint density at radius 2 is 1.68 bits per heavy atom. The zero-order valence-electron chi connectivity index (χ0n) is 34.1. The number of hydrogen-bond donors (Lipinski definition) is 4. The highest BCUT2D eigenvalue weighted by Crippen LogP contribution is 2.36. The molecule has 0 radical (unpaired) electrons. The molecule has 0 amide bonds. The predicted octanol–water partition coefficient (Wildman–Crippen LogP) is 6.63. The Bertz CT molecular complexity index is 2460. The van der Waals surface area contributed by atoms with Crippen LogP contribution in [0.25, 0.3) is 22.0 Å². The molecule has 60 heavy (non-hydrogen) atoms. The summed E-state index contributed by atoms with van der Waals surface area (Å²) >= 11 is 6.64. The number of esters is 1. The van der Waals surface area contributed by atoms with E-state index in [4.69, 9.17) is 40.8 Å². The Labute approximate surface area is 354 Å². The molecule has 4 aromatic carbocycles. The van der Waals surface area contributed by atoms with Gasteiger partial charge in [0, 0.05) is 60.2 Å². The maximum atomic E-state index is 12.6. The quantitative estimate of drug-likeness (QED) is 0.0479. The van der Waals surface area contributed by atoms with Crippen molar-refractivity contribution in [2.75, 3.05) is 26.9 Å². The summed E-state index contributed by atoms with van der Waals surface area (Å²) in [5.74, 6) is 1.18. The average molecular weight is 833 g/mol. The molecule has 1 unspecified atom stereocenters. The minimum absolute atomic E-state index is 0.0356. The van der Waals surface area contributed by atoms with Gasteiger partial charge in [0.2, 0.25) is 0 Å². The molecule has 0 aliphatic carbocycles. The number of halogens is 1. The van der Waals surface area contributed by atoms with E-state index in [0.717, 1.165) is 55.4 Å². The normalized spacial score (nSPS) is 11.7. The lowest BCUT2D eigenvalue weighted by Crippen LogP contribution is -2.41. The summed E-state index contributed by atoms with van der Waals surface area (Å²) in [4.78, 5) is 16.7. The number of rotatable bonds is 20. The van der Waals surface area contributed by atoms with Crippen molar-refractivity contribution in [3.05, 3.63) is 135 Å². The largest absolute Gasteiger partial charge is 0.496 e. The first-order valence-electron chi connectivity index (χ1n) is 19.6. The summed E-state index contributed by atoms with van der Waals surface area (Å²) in [6.45, 7) is 7.27. The van der Waals surface area contributed by atoms with Crippen LogP contribution in [-0.2, 0) is 42.4 Å². The smallest absolute Gasteiger partial charge is 0.325 e. The zero-order chi connectivity index (χ0) is 42.6. The first-order valence-corrected chi connectivity index (χ1v) is 20.0. The second-order valence-corrected chi connectivity index (χ2v) is 14.8. The summed E-state index contributed by atoms with van der Waals surface area (Å²) in [7, 11) is 1.60. The number of nitriles is 1. The fourth-order valence-electron chi connectivity index (χ4n) is 6.78. The van der Waals surface area contributed by atoms with Crippen LogP contribution < -0.4 is 24.8 Å². The van der Waals surface area contributed by atoms with Crippen molar-refractivity contribution in [2.24, 2.45) is 0 Å². The highest BCUT2D eigenvalue weighted by molar-refractivity contribution is 6.32. The van der Waals surface area contributed by atoms with Crippen LogP contribution in [0.15, 0.2) is 91.4 Å². The molecule has 0 spiro atoms. The first kappa shape index (κ1) is 43.6. The number of aliphatic hydroxyl groups excluding tert-OH is 2. The fraction of sp³-hybridized carbons (Fsp3) is 0.304. The number of ether oxygens (including phenoxy) is 4. The molecule has 2 aromatic heterocycles. The second kappa shape index (κ2) is 20.8. The lowest BCUT2D eigenvalue weighted by Gasteiger charge is -2.19. The number of hydrogen-bond acceptors (Lipinski definition) is 12. The van der Waals surface area contributed by atoms with Crippen molar-refractivity contribution in [2.45, 2.75) is 65.8 Å². The van der Waals surface area contributed by atoms with Crippen molar-refractivity contribution < 1.29 is 34.0 Å². The van der Waals surface area contributed by atoms with E-state index in [1.165, 1.54) is 6.20 Å². The van der Waals surface area contributed by atoms with Crippen LogP contribution in [0, 0.1) is 18.3 Å². The number of aromatic nitrogens is 3. The summed E-state index contributed by atoms with van der Waals surface area (Å²) < 4.78 is 25.4. The molecule has 312 valence electrons. The third-order valence-electron chi connectivity index (χ3n) is 9.89. The molecule has 2 heterocycles. The number of benzene rings is 4. The van der Waals surface area contributed by atoms with Crippen LogP contribution in [0.5, 0.6) is 17.2 Å². The van der Waals surface area contributed by atoms with Gasteiger partial charge in [-0.25, -0.2) is 0 Å². The van der Waals surface area contributed by atoms with Gasteiger partial charge in [-0.05, 0) is 72.9 Å². The van der Waals surface area contributed by atoms with Gasteiger partial charge in [0.05, 0.1) is 55.3 Å². The fourth-order valence-corrected chi connectivity index (χ4v) is 7.02. The number of nitrogens with one attached hydrogen (secondary N) is 2. The van der Waals surface area contributed by atoms with Crippen LogP contribution >= 0.6 is 11.6 Å². The third kappa shape index (κ3) is 10.8. The zero-order valence-corrected chi connectivity index (χ0v) is 34.8. The molecule has 1 atom stereocenters. The van der Waals surface area contributed by atoms with Gasteiger partial charge in [0.15, 0.2) is 0 Å². The van der Waals surface area contributed by atoms with E-state index in [1.807, 2.05) is 59.4 Å². The van der Waals surface area contributed by atoms with Gasteiger partial charge in [-0.1, -0.05) is 54.1 Å². The topological polar surface area (TPSA) is 173 Å². The summed E-state index contributed by atoms with van der Waals surface area (Å²) in [6, 6.07) is 24.7. The second-order valence-electron chi connectivity index (χ2n) is 14.4. The van der Waals surface area contributed by atoms with E-state index >= 15 is 0 Å². The molecule has 0 saturated carbocycles. The van der Waals surface area contributed by atoms with Gasteiger partial charge < -0.3 is 34.5 Å². The molecule has 0 bridgehead atoms. The number of pyridine rings is 1. The molecule has 13 nitrogen and oxygen atoms in total. The number of aliphatic hydroxyl groups is 2. The highest BCUT2D eigenvalue weighted by atomic mass is 35.5. The van der Waals surface area contributed by atoms with Crippen molar-refractivity contribution in [1.82, 2.24) is 25.4 Å². The maximum Gasteiger partial charge on any atom is 0.325 e. The molecule has 0 aliphatic heterocycles. The first-order chi connectivity index (χ1) is 29.1.